The molecule has 0 amide bonds. The van der Waals surface area contributed by atoms with Gasteiger partial charge in [-0.05, 0) is 64.8 Å². The van der Waals surface area contributed by atoms with Crippen molar-refractivity contribution in [2.45, 2.75) is 12.5 Å². The Hall–Kier alpha value is -3.25. The van der Waals surface area contributed by atoms with Crippen molar-refractivity contribution < 1.29 is 0 Å². The first kappa shape index (κ1) is 21.3. The molecule has 1 heterocycles. The number of nitrogens with zero attached hydrogens (tertiary/aromatic N) is 1. The smallest absolute Gasteiger partial charge is 0.0614 e. The summed E-state index contributed by atoms with van der Waals surface area (Å²) in [4.78, 5) is 2.55. The summed E-state index contributed by atoms with van der Waals surface area (Å²) in [6.07, 6.45) is 1.11. The van der Waals surface area contributed by atoms with Crippen LogP contribution in [0.4, 0.5) is 0 Å². The van der Waals surface area contributed by atoms with E-state index < -0.39 is 7.92 Å². The summed E-state index contributed by atoms with van der Waals surface area (Å²) in [6.45, 7) is 1.07. The molecule has 6 rings (SSSR count). The lowest BCUT2D eigenvalue weighted by Crippen LogP contribution is -2.36. The summed E-state index contributed by atoms with van der Waals surface area (Å²) in [5, 5.41) is 6.93. The van der Waals surface area contributed by atoms with Crippen LogP contribution in [0.5, 0.6) is 0 Å². The zero-order chi connectivity index (χ0) is 22.9. The molecule has 0 fully saturated rings. The highest BCUT2D eigenvalue weighted by Crippen LogP contribution is 2.43. The summed E-state index contributed by atoms with van der Waals surface area (Å²) in [6, 6.07) is 45.1. The Balaban J connectivity index is 1.68. The van der Waals surface area contributed by atoms with Gasteiger partial charge in [0.2, 0.25) is 0 Å². The second-order valence-corrected chi connectivity index (χ2v) is 11.2. The fraction of sp³-hybridized carbons (Fsp3) is 0.125. The van der Waals surface area contributed by atoms with Gasteiger partial charge >= 0.3 is 0 Å². The molecule has 0 aromatic heterocycles. The molecule has 5 aromatic rings. The molecule has 34 heavy (non-hydrogen) atoms. The molecule has 0 bridgehead atoms. The molecule has 1 aliphatic rings. The highest BCUT2D eigenvalue weighted by molar-refractivity contribution is 7.80. The van der Waals surface area contributed by atoms with Gasteiger partial charge in [0.15, 0.2) is 0 Å². The lowest BCUT2D eigenvalue weighted by molar-refractivity contribution is 0.267. The van der Waals surface area contributed by atoms with Gasteiger partial charge < -0.3 is 0 Å². The Morgan fingerprint density at radius 2 is 1.26 bits per heavy atom. The summed E-state index contributed by atoms with van der Waals surface area (Å²) < 4.78 is 0. The van der Waals surface area contributed by atoms with Crippen LogP contribution >= 0.6 is 7.92 Å². The van der Waals surface area contributed by atoms with Crippen molar-refractivity contribution >= 4 is 34.6 Å². The van der Waals surface area contributed by atoms with E-state index in [1.54, 1.807) is 0 Å². The predicted octanol–water partition coefficient (Wildman–Crippen LogP) is 6.18. The Kier molecular flexibility index (Phi) is 5.75. The van der Waals surface area contributed by atoms with Gasteiger partial charge in [-0.1, -0.05) is 121 Å². The average molecular weight is 458 g/mol. The molecule has 166 valence electrons. The molecular formula is C32H28NP. The first-order chi connectivity index (χ1) is 16.8. The zero-order valence-electron chi connectivity index (χ0n) is 19.4. The number of hydrogen-bond donors (Lipinski definition) is 0. The minimum absolute atomic E-state index is 0.239. The van der Waals surface area contributed by atoms with E-state index in [0.29, 0.717) is 0 Å². The van der Waals surface area contributed by atoms with Gasteiger partial charge in [-0.25, -0.2) is 0 Å². The first-order valence-electron chi connectivity index (χ1n) is 12.0. The van der Waals surface area contributed by atoms with E-state index in [2.05, 4.69) is 133 Å². The molecule has 5 aromatic carbocycles. The number of likely N-dealkylation sites (N-methyl/N-ethyl adjacent to an activating group) is 1. The van der Waals surface area contributed by atoms with Crippen molar-refractivity contribution in [3.63, 3.8) is 0 Å². The maximum Gasteiger partial charge on any atom is 0.0614 e. The standard InChI is InChI=1S/C32H28NP/c1-33-23-22-25-13-9-11-19-29(25)32(33)31-28-18-10-8-12-24(28)20-21-30(31)34(26-14-4-2-5-15-26)27-16-6-3-7-17-27/h2-21,32H,22-23H2,1H3/t32-/m0/s1. The van der Waals surface area contributed by atoms with Gasteiger partial charge in [0.05, 0.1) is 6.04 Å². The number of benzene rings is 5. The molecule has 1 nitrogen and oxygen atoms in total. The highest BCUT2D eigenvalue weighted by atomic mass is 31.1. The molecule has 0 saturated carbocycles. The number of hydrogen-bond acceptors (Lipinski definition) is 1. The molecule has 1 aliphatic heterocycles. The fourth-order valence-electron chi connectivity index (χ4n) is 5.42. The van der Waals surface area contributed by atoms with Crippen LogP contribution in [0.15, 0.2) is 121 Å². The van der Waals surface area contributed by atoms with Crippen LogP contribution in [0.25, 0.3) is 10.8 Å². The largest absolute Gasteiger partial charge is 0.295 e. The maximum atomic E-state index is 2.55. The number of rotatable bonds is 4. The summed E-state index contributed by atoms with van der Waals surface area (Å²) in [5.74, 6) is 0. The molecule has 0 saturated heterocycles. The third-order valence-electron chi connectivity index (χ3n) is 7.02. The van der Waals surface area contributed by atoms with E-state index in [0.717, 1.165) is 13.0 Å². The monoisotopic (exact) mass is 457 g/mol. The lowest BCUT2D eigenvalue weighted by atomic mass is 9.86. The van der Waals surface area contributed by atoms with Gasteiger partial charge in [0.1, 0.15) is 0 Å². The highest BCUT2D eigenvalue weighted by Gasteiger charge is 2.32. The van der Waals surface area contributed by atoms with Gasteiger partial charge in [-0.3, -0.25) is 4.90 Å². The summed E-state index contributed by atoms with van der Waals surface area (Å²) in [7, 11) is 1.59. The normalized spacial score (nSPS) is 16.0. The van der Waals surface area contributed by atoms with Crippen LogP contribution in [0, 0.1) is 0 Å². The average Bonchev–Trinajstić information content (AvgIpc) is 2.90. The molecular weight excluding hydrogens is 429 g/mol. The van der Waals surface area contributed by atoms with E-state index in [1.807, 2.05) is 0 Å². The van der Waals surface area contributed by atoms with Crippen molar-refractivity contribution in [3.05, 3.63) is 138 Å². The van der Waals surface area contributed by atoms with Gasteiger partial charge in [-0.2, -0.15) is 0 Å². The maximum absolute atomic E-state index is 2.55. The third-order valence-corrected chi connectivity index (χ3v) is 9.52. The molecule has 0 radical (unpaired) electrons. The number of fused-ring (bicyclic) bond motifs is 2. The van der Waals surface area contributed by atoms with Crippen LogP contribution in [0.1, 0.15) is 22.7 Å². The van der Waals surface area contributed by atoms with Crippen LogP contribution in [0.2, 0.25) is 0 Å². The van der Waals surface area contributed by atoms with E-state index in [9.17, 15) is 0 Å². The minimum Gasteiger partial charge on any atom is -0.295 e. The molecule has 1 atom stereocenters. The summed E-state index contributed by atoms with van der Waals surface area (Å²) >= 11 is 0. The second kappa shape index (κ2) is 9.18. The Morgan fingerprint density at radius 1 is 0.647 bits per heavy atom. The lowest BCUT2D eigenvalue weighted by Gasteiger charge is -2.38. The molecule has 0 N–H and O–H groups in total. The molecule has 0 unspecified atom stereocenters. The van der Waals surface area contributed by atoms with Crippen LogP contribution in [0.3, 0.4) is 0 Å². The van der Waals surface area contributed by atoms with Crippen LogP contribution in [-0.2, 0) is 6.42 Å². The Labute approximate surface area is 203 Å². The Bertz CT molecular complexity index is 1390. The van der Waals surface area contributed by atoms with Crippen LogP contribution in [-0.4, -0.2) is 18.5 Å². The topological polar surface area (TPSA) is 3.24 Å². The molecule has 2 heteroatoms. The van der Waals surface area contributed by atoms with Crippen LogP contribution < -0.4 is 15.9 Å². The van der Waals surface area contributed by atoms with E-state index >= 15 is 0 Å². The van der Waals surface area contributed by atoms with Crippen molar-refractivity contribution in [1.29, 1.82) is 0 Å². The third kappa shape index (κ3) is 3.76. The van der Waals surface area contributed by atoms with Crippen molar-refractivity contribution in [1.82, 2.24) is 4.90 Å². The quantitative estimate of drug-likeness (QED) is 0.292. The van der Waals surface area contributed by atoms with Crippen molar-refractivity contribution in [2.24, 2.45) is 0 Å². The Morgan fingerprint density at radius 3 is 2.00 bits per heavy atom. The summed E-state index contributed by atoms with van der Waals surface area (Å²) in [5.41, 5.74) is 4.39. The SMILES string of the molecule is CN1CCc2ccccc2[C@H]1c1c(P(c2ccccc2)c2ccccc2)ccc2ccccc12. The van der Waals surface area contributed by atoms with E-state index in [1.165, 1.54) is 43.4 Å². The van der Waals surface area contributed by atoms with Crippen molar-refractivity contribution in [2.75, 3.05) is 13.6 Å². The van der Waals surface area contributed by atoms with Gasteiger partial charge in [0.25, 0.3) is 0 Å². The van der Waals surface area contributed by atoms with Gasteiger partial charge in [0, 0.05) is 6.54 Å². The van der Waals surface area contributed by atoms with Crippen molar-refractivity contribution in [3.8, 4) is 0 Å². The molecule has 0 aliphatic carbocycles. The predicted molar refractivity (Wildman–Crippen MR) is 147 cm³/mol. The van der Waals surface area contributed by atoms with E-state index in [4.69, 9.17) is 0 Å². The molecule has 0 spiro atoms. The minimum atomic E-state index is -0.700. The van der Waals surface area contributed by atoms with Gasteiger partial charge in [-0.15, -0.1) is 0 Å². The second-order valence-electron chi connectivity index (χ2n) is 9.06. The van der Waals surface area contributed by atoms with E-state index in [-0.39, 0.29) is 6.04 Å². The first-order valence-corrected chi connectivity index (χ1v) is 13.4. The zero-order valence-corrected chi connectivity index (χ0v) is 20.3. The fourth-order valence-corrected chi connectivity index (χ4v) is 7.92.